The molecule has 1 atom stereocenters. The van der Waals surface area contributed by atoms with Gasteiger partial charge in [0.15, 0.2) is 4.96 Å². The van der Waals surface area contributed by atoms with Crippen molar-refractivity contribution in [2.45, 2.75) is 39.8 Å². The maximum absolute atomic E-state index is 12.1. The van der Waals surface area contributed by atoms with Gasteiger partial charge in [0, 0.05) is 30.2 Å². The van der Waals surface area contributed by atoms with Crippen molar-refractivity contribution in [1.82, 2.24) is 14.7 Å². The van der Waals surface area contributed by atoms with Crippen LogP contribution in [0.25, 0.3) is 4.96 Å². The first-order chi connectivity index (χ1) is 11.6. The topological polar surface area (TPSA) is 46.4 Å². The summed E-state index contributed by atoms with van der Waals surface area (Å²) in [4.78, 5) is 17.4. The van der Waals surface area contributed by atoms with Crippen LogP contribution in [0.2, 0.25) is 0 Å². The quantitative estimate of drug-likeness (QED) is 0.742. The van der Waals surface area contributed by atoms with E-state index in [0.717, 1.165) is 17.1 Å². The molecular formula is C19H23N3OS. The first-order valence-electron chi connectivity index (χ1n) is 8.36. The number of fused-ring (bicyclic) bond motifs is 1. The van der Waals surface area contributed by atoms with E-state index in [4.69, 9.17) is 0 Å². The van der Waals surface area contributed by atoms with Crippen LogP contribution in [0.5, 0.6) is 0 Å². The van der Waals surface area contributed by atoms with Crippen LogP contribution in [0, 0.1) is 5.92 Å². The van der Waals surface area contributed by atoms with Crippen molar-refractivity contribution in [3.8, 4) is 0 Å². The van der Waals surface area contributed by atoms with Gasteiger partial charge < -0.3 is 5.32 Å². The average molecular weight is 341 g/mol. The van der Waals surface area contributed by atoms with E-state index in [1.807, 2.05) is 5.38 Å². The van der Waals surface area contributed by atoms with E-state index < -0.39 is 0 Å². The number of benzene rings is 1. The Hall–Kier alpha value is -1.98. The molecule has 1 aromatic carbocycles. The van der Waals surface area contributed by atoms with E-state index in [9.17, 15) is 4.79 Å². The minimum absolute atomic E-state index is 0.0218. The number of hydrogen-bond acceptors (Lipinski definition) is 4. The number of nitrogens with one attached hydrogen (secondary N) is 1. The minimum Gasteiger partial charge on any atom is -0.304 e. The van der Waals surface area contributed by atoms with Crippen LogP contribution >= 0.6 is 11.3 Å². The van der Waals surface area contributed by atoms with Crippen molar-refractivity contribution >= 4 is 16.3 Å². The molecule has 0 aliphatic rings. The number of hydrogen-bond donors (Lipinski definition) is 1. The van der Waals surface area contributed by atoms with E-state index in [-0.39, 0.29) is 11.6 Å². The second kappa shape index (κ2) is 7.28. The summed E-state index contributed by atoms with van der Waals surface area (Å²) in [5.41, 5.74) is 3.39. The lowest BCUT2D eigenvalue weighted by molar-refractivity contribution is 0.408. The molecule has 1 N–H and O–H groups in total. The summed E-state index contributed by atoms with van der Waals surface area (Å²) in [6.07, 6.45) is 2.81. The van der Waals surface area contributed by atoms with Gasteiger partial charge in [-0.3, -0.25) is 9.20 Å². The third kappa shape index (κ3) is 3.57. The fraction of sp³-hybridized carbons (Fsp3) is 0.368. The zero-order valence-electron chi connectivity index (χ0n) is 14.3. The van der Waals surface area contributed by atoms with Gasteiger partial charge in [-0.2, -0.15) is 0 Å². The third-order valence-electron chi connectivity index (χ3n) is 4.27. The summed E-state index contributed by atoms with van der Waals surface area (Å²) in [6.45, 7) is 7.16. The number of thiazole rings is 1. The van der Waals surface area contributed by atoms with Gasteiger partial charge in [-0.1, -0.05) is 45.0 Å². The van der Waals surface area contributed by atoms with Crippen LogP contribution in [-0.4, -0.2) is 9.38 Å². The lowest BCUT2D eigenvalue weighted by Crippen LogP contribution is -2.26. The fourth-order valence-corrected chi connectivity index (χ4v) is 3.63. The van der Waals surface area contributed by atoms with Crippen molar-refractivity contribution in [2.75, 3.05) is 0 Å². The maximum Gasteiger partial charge on any atom is 0.258 e. The summed E-state index contributed by atoms with van der Waals surface area (Å²) in [6, 6.07) is 10.6. The Labute approximate surface area is 146 Å². The summed E-state index contributed by atoms with van der Waals surface area (Å²) in [5, 5.41) is 5.45. The summed E-state index contributed by atoms with van der Waals surface area (Å²) < 4.78 is 1.58. The van der Waals surface area contributed by atoms with Gasteiger partial charge in [-0.15, -0.1) is 11.3 Å². The Morgan fingerprint density at radius 2 is 2.00 bits per heavy atom. The largest absolute Gasteiger partial charge is 0.304 e. The summed E-state index contributed by atoms with van der Waals surface area (Å²) in [7, 11) is 0. The van der Waals surface area contributed by atoms with Crippen molar-refractivity contribution < 1.29 is 0 Å². The predicted octanol–water partition coefficient (Wildman–Crippen LogP) is 3.81. The van der Waals surface area contributed by atoms with Gasteiger partial charge >= 0.3 is 0 Å². The zero-order chi connectivity index (χ0) is 17.1. The van der Waals surface area contributed by atoms with Gasteiger partial charge in [0.1, 0.15) is 0 Å². The highest BCUT2D eigenvalue weighted by atomic mass is 32.1. The molecule has 2 heterocycles. The molecule has 0 aliphatic carbocycles. The molecule has 2 aromatic heterocycles. The predicted molar refractivity (Wildman–Crippen MR) is 99.6 cm³/mol. The van der Waals surface area contributed by atoms with Crippen LogP contribution < -0.4 is 10.9 Å². The van der Waals surface area contributed by atoms with Crippen molar-refractivity contribution in [3.63, 3.8) is 0 Å². The van der Waals surface area contributed by atoms with Crippen molar-refractivity contribution in [1.29, 1.82) is 0 Å². The molecule has 4 nitrogen and oxygen atoms in total. The van der Waals surface area contributed by atoms with Gasteiger partial charge in [0.25, 0.3) is 5.56 Å². The molecule has 0 aliphatic heterocycles. The van der Waals surface area contributed by atoms with E-state index in [0.29, 0.717) is 12.5 Å². The highest BCUT2D eigenvalue weighted by Crippen LogP contribution is 2.22. The van der Waals surface area contributed by atoms with E-state index in [2.05, 4.69) is 55.3 Å². The molecule has 0 amide bonds. The van der Waals surface area contributed by atoms with Crippen LogP contribution in [-0.2, 0) is 13.0 Å². The Morgan fingerprint density at radius 3 is 2.67 bits per heavy atom. The molecule has 0 fully saturated rings. The molecule has 0 spiro atoms. The van der Waals surface area contributed by atoms with Crippen molar-refractivity contribution in [2.24, 2.45) is 5.92 Å². The number of aryl methyl sites for hydroxylation is 1. The number of aromatic nitrogens is 2. The molecule has 0 bridgehead atoms. The smallest absolute Gasteiger partial charge is 0.258 e. The average Bonchev–Trinajstić information content (AvgIpc) is 3.04. The molecule has 0 radical (unpaired) electrons. The van der Waals surface area contributed by atoms with Gasteiger partial charge in [0.05, 0.1) is 5.69 Å². The molecule has 3 aromatic rings. The van der Waals surface area contributed by atoms with Crippen LogP contribution in [0.4, 0.5) is 0 Å². The lowest BCUT2D eigenvalue weighted by atomic mass is 9.95. The van der Waals surface area contributed by atoms with E-state index in [1.54, 1.807) is 16.7 Å². The highest BCUT2D eigenvalue weighted by molar-refractivity contribution is 7.15. The first kappa shape index (κ1) is 16.9. The highest BCUT2D eigenvalue weighted by Gasteiger charge is 2.16. The summed E-state index contributed by atoms with van der Waals surface area (Å²) >= 11 is 1.48. The lowest BCUT2D eigenvalue weighted by Gasteiger charge is -2.23. The monoisotopic (exact) mass is 341 g/mol. The second-order valence-corrected chi connectivity index (χ2v) is 7.21. The van der Waals surface area contributed by atoms with Crippen LogP contribution in [0.1, 0.15) is 43.6 Å². The van der Waals surface area contributed by atoms with Gasteiger partial charge in [0.2, 0.25) is 0 Å². The number of nitrogens with zero attached hydrogens (tertiary/aromatic N) is 2. The fourth-order valence-electron chi connectivity index (χ4n) is 2.89. The normalized spacial score (nSPS) is 12.8. The first-order valence-corrected chi connectivity index (χ1v) is 9.24. The number of rotatable bonds is 6. The standard InChI is InChI=1S/C19H23N3OS/c1-4-14-5-7-15(8-6-14)18(13(2)3)20-12-16-11-17(23)22-9-10-24-19(22)21-16/h5-11,13,18,20H,4,12H2,1-3H3. The summed E-state index contributed by atoms with van der Waals surface area (Å²) in [5.74, 6) is 0.448. The van der Waals surface area contributed by atoms with Gasteiger partial charge in [-0.25, -0.2) is 4.98 Å². The molecule has 1 unspecified atom stereocenters. The van der Waals surface area contributed by atoms with Crippen LogP contribution in [0.3, 0.4) is 0 Å². The molecule has 0 saturated carbocycles. The molecule has 24 heavy (non-hydrogen) atoms. The minimum atomic E-state index is -0.0218. The second-order valence-electron chi connectivity index (χ2n) is 6.34. The Bertz CT molecular complexity index is 864. The van der Waals surface area contributed by atoms with Gasteiger partial charge in [-0.05, 0) is 23.5 Å². The van der Waals surface area contributed by atoms with Crippen molar-refractivity contribution in [3.05, 3.63) is 69.1 Å². The Morgan fingerprint density at radius 1 is 1.25 bits per heavy atom. The molecule has 5 heteroatoms. The molecule has 3 rings (SSSR count). The Balaban J connectivity index is 1.78. The molecule has 0 saturated heterocycles. The van der Waals surface area contributed by atoms with E-state index in [1.165, 1.54) is 22.5 Å². The Kier molecular flexibility index (Phi) is 5.11. The molecule has 126 valence electrons. The van der Waals surface area contributed by atoms with Crippen LogP contribution in [0.15, 0.2) is 46.7 Å². The molecular weight excluding hydrogens is 318 g/mol. The van der Waals surface area contributed by atoms with E-state index >= 15 is 0 Å². The SMILES string of the molecule is CCc1ccc(C(NCc2cc(=O)n3ccsc3n2)C(C)C)cc1. The maximum atomic E-state index is 12.1. The zero-order valence-corrected chi connectivity index (χ0v) is 15.1. The third-order valence-corrected chi connectivity index (χ3v) is 5.03.